The number of aryl methyl sites for hydroxylation is 1. The van der Waals surface area contributed by atoms with Gasteiger partial charge >= 0.3 is 0 Å². The molecule has 0 spiro atoms. The minimum absolute atomic E-state index is 0.0615. The highest BCUT2D eigenvalue weighted by Crippen LogP contribution is 2.21. The maximum atomic E-state index is 13.1. The topological polar surface area (TPSA) is 56.9 Å². The fourth-order valence-electron chi connectivity index (χ4n) is 3.71. The van der Waals surface area contributed by atoms with Crippen LogP contribution in [-0.2, 0) is 20.0 Å². The molecule has 2 heterocycles. The van der Waals surface area contributed by atoms with Crippen LogP contribution in [0.2, 0.25) is 10.0 Å². The van der Waals surface area contributed by atoms with E-state index in [1.54, 1.807) is 42.5 Å². The van der Waals surface area contributed by atoms with E-state index in [0.717, 1.165) is 22.5 Å². The maximum Gasteiger partial charge on any atom is 0.267 e. The Labute approximate surface area is 195 Å². The summed E-state index contributed by atoms with van der Waals surface area (Å²) in [5, 5.41) is 5.77. The van der Waals surface area contributed by atoms with Gasteiger partial charge in [-0.25, -0.2) is 4.68 Å². The van der Waals surface area contributed by atoms with Crippen molar-refractivity contribution >= 4 is 29.0 Å². The molecule has 0 saturated heterocycles. The summed E-state index contributed by atoms with van der Waals surface area (Å²) in [5.41, 5.74) is 4.53. The summed E-state index contributed by atoms with van der Waals surface area (Å²) >= 11 is 11.9. The van der Waals surface area contributed by atoms with Crippen LogP contribution in [0.3, 0.4) is 0 Å². The molecule has 0 aliphatic rings. The van der Waals surface area contributed by atoms with E-state index in [1.807, 2.05) is 36.7 Å². The molecular formula is C25H21Cl2N3O2. The standard InChI is InChI=1S/C25H21Cl2N3O2/c1-16-13-22(29(2)24(16)25(32)18-5-9-20(27)10-6-18)14-21-11-12-23(31)30(28-21)15-17-3-7-19(26)8-4-17/h3-13H,14-15H2,1-2H3. The third-order valence-corrected chi connectivity index (χ3v) is 5.88. The van der Waals surface area contributed by atoms with Crippen LogP contribution in [-0.4, -0.2) is 20.1 Å². The molecule has 4 rings (SSSR count). The molecule has 5 nitrogen and oxygen atoms in total. The Hall–Kier alpha value is -3.15. The first-order chi connectivity index (χ1) is 15.3. The Bertz CT molecular complexity index is 1340. The number of ketones is 1. The number of halogens is 2. The first-order valence-electron chi connectivity index (χ1n) is 10.1. The molecule has 0 fully saturated rings. The fraction of sp³-hybridized carbons (Fsp3) is 0.160. The van der Waals surface area contributed by atoms with Gasteiger partial charge < -0.3 is 4.57 Å². The van der Waals surface area contributed by atoms with Crippen LogP contribution in [0.25, 0.3) is 0 Å². The quantitative estimate of drug-likeness (QED) is 0.373. The molecule has 0 aliphatic heterocycles. The van der Waals surface area contributed by atoms with Gasteiger partial charge in [0.1, 0.15) is 0 Å². The minimum atomic E-state index is -0.176. The average Bonchev–Trinajstić information content (AvgIpc) is 3.05. The number of rotatable bonds is 6. The van der Waals surface area contributed by atoms with Gasteiger partial charge in [-0.3, -0.25) is 9.59 Å². The first kappa shape index (κ1) is 22.1. The van der Waals surface area contributed by atoms with Crippen LogP contribution in [0.5, 0.6) is 0 Å². The Morgan fingerprint density at radius 3 is 2.22 bits per heavy atom. The first-order valence-corrected chi connectivity index (χ1v) is 10.8. The Morgan fingerprint density at radius 2 is 1.56 bits per heavy atom. The molecule has 0 radical (unpaired) electrons. The molecule has 0 atom stereocenters. The highest BCUT2D eigenvalue weighted by Gasteiger charge is 2.19. The Kier molecular flexibility index (Phi) is 6.31. The monoisotopic (exact) mass is 465 g/mol. The van der Waals surface area contributed by atoms with Crippen LogP contribution < -0.4 is 5.56 Å². The van der Waals surface area contributed by atoms with Crippen molar-refractivity contribution in [1.29, 1.82) is 0 Å². The summed E-state index contributed by atoms with van der Waals surface area (Å²) in [7, 11) is 1.87. The van der Waals surface area contributed by atoms with Crippen molar-refractivity contribution in [2.75, 3.05) is 0 Å². The van der Waals surface area contributed by atoms with Gasteiger partial charge in [0.05, 0.1) is 17.9 Å². The molecular weight excluding hydrogens is 445 g/mol. The molecule has 2 aromatic heterocycles. The minimum Gasteiger partial charge on any atom is -0.344 e. The SMILES string of the molecule is Cc1cc(Cc2ccc(=O)n(Cc3ccc(Cl)cc3)n2)n(C)c1C(=O)c1ccc(Cl)cc1. The number of carbonyl (C=O) groups is 1. The summed E-state index contributed by atoms with van der Waals surface area (Å²) in [4.78, 5) is 25.4. The molecule has 0 unspecified atom stereocenters. The lowest BCUT2D eigenvalue weighted by atomic mass is 10.1. The number of nitrogens with zero attached hydrogens (tertiary/aromatic N) is 3. The van der Waals surface area contributed by atoms with E-state index < -0.39 is 0 Å². The molecule has 4 aromatic rings. The van der Waals surface area contributed by atoms with Crippen LogP contribution >= 0.6 is 23.2 Å². The van der Waals surface area contributed by atoms with Crippen molar-refractivity contribution in [2.45, 2.75) is 19.9 Å². The highest BCUT2D eigenvalue weighted by atomic mass is 35.5. The van der Waals surface area contributed by atoms with Gasteiger partial charge in [-0.2, -0.15) is 5.10 Å². The maximum absolute atomic E-state index is 13.1. The van der Waals surface area contributed by atoms with Crippen molar-refractivity contribution < 1.29 is 4.79 Å². The number of hydrogen-bond donors (Lipinski definition) is 0. The van der Waals surface area contributed by atoms with Crippen LogP contribution in [0, 0.1) is 6.92 Å². The lowest BCUT2D eigenvalue weighted by Crippen LogP contribution is -2.24. The zero-order chi connectivity index (χ0) is 22.8. The lowest BCUT2D eigenvalue weighted by Gasteiger charge is -2.10. The van der Waals surface area contributed by atoms with Gasteiger partial charge in [-0.1, -0.05) is 35.3 Å². The molecule has 162 valence electrons. The van der Waals surface area contributed by atoms with E-state index in [9.17, 15) is 9.59 Å². The summed E-state index contributed by atoms with van der Waals surface area (Å²) in [6.45, 7) is 2.28. The number of carbonyl (C=O) groups excluding carboxylic acids is 1. The summed E-state index contributed by atoms with van der Waals surface area (Å²) in [6.07, 6.45) is 0.492. The zero-order valence-electron chi connectivity index (χ0n) is 17.7. The van der Waals surface area contributed by atoms with Gasteiger partial charge in [0, 0.05) is 40.8 Å². The largest absolute Gasteiger partial charge is 0.344 e. The molecule has 2 aromatic carbocycles. The molecule has 0 saturated carbocycles. The lowest BCUT2D eigenvalue weighted by molar-refractivity contribution is 0.103. The third kappa shape index (κ3) is 4.69. The van der Waals surface area contributed by atoms with E-state index in [0.29, 0.717) is 34.3 Å². The summed E-state index contributed by atoms with van der Waals surface area (Å²) in [5.74, 6) is -0.0615. The third-order valence-electron chi connectivity index (χ3n) is 5.37. The zero-order valence-corrected chi connectivity index (χ0v) is 19.2. The molecule has 0 bridgehead atoms. The number of aromatic nitrogens is 3. The second-order valence-electron chi connectivity index (χ2n) is 7.69. The average molecular weight is 466 g/mol. The van der Waals surface area contributed by atoms with E-state index in [2.05, 4.69) is 5.10 Å². The fourth-order valence-corrected chi connectivity index (χ4v) is 3.96. The van der Waals surface area contributed by atoms with Crippen LogP contribution in [0.15, 0.2) is 71.5 Å². The molecule has 0 amide bonds. The van der Waals surface area contributed by atoms with E-state index in [4.69, 9.17) is 23.2 Å². The van der Waals surface area contributed by atoms with Crippen molar-refractivity contribution in [1.82, 2.24) is 14.3 Å². The summed E-state index contributed by atoms with van der Waals surface area (Å²) < 4.78 is 3.33. The number of hydrogen-bond acceptors (Lipinski definition) is 3. The van der Waals surface area contributed by atoms with Crippen molar-refractivity contribution in [3.05, 3.63) is 121 Å². The highest BCUT2D eigenvalue weighted by molar-refractivity contribution is 6.31. The van der Waals surface area contributed by atoms with E-state index >= 15 is 0 Å². The molecule has 7 heteroatoms. The van der Waals surface area contributed by atoms with Crippen molar-refractivity contribution in [3.63, 3.8) is 0 Å². The van der Waals surface area contributed by atoms with Gasteiger partial charge in [0.2, 0.25) is 5.78 Å². The normalized spacial score (nSPS) is 11.0. The predicted octanol–water partition coefficient (Wildman–Crippen LogP) is 5.07. The van der Waals surface area contributed by atoms with Gasteiger partial charge in [-0.15, -0.1) is 0 Å². The van der Waals surface area contributed by atoms with Gasteiger partial charge in [0.15, 0.2) is 0 Å². The van der Waals surface area contributed by atoms with Crippen molar-refractivity contribution in [2.24, 2.45) is 7.05 Å². The molecule has 0 aliphatic carbocycles. The molecule has 32 heavy (non-hydrogen) atoms. The van der Waals surface area contributed by atoms with Crippen molar-refractivity contribution in [3.8, 4) is 0 Å². The van der Waals surface area contributed by atoms with Crippen LogP contribution in [0.4, 0.5) is 0 Å². The number of benzene rings is 2. The second kappa shape index (κ2) is 9.15. The van der Waals surface area contributed by atoms with Gasteiger partial charge in [0.25, 0.3) is 5.56 Å². The second-order valence-corrected chi connectivity index (χ2v) is 8.56. The van der Waals surface area contributed by atoms with E-state index in [-0.39, 0.29) is 11.3 Å². The smallest absolute Gasteiger partial charge is 0.267 e. The summed E-state index contributed by atoms with van der Waals surface area (Å²) in [6, 6.07) is 19.4. The molecule has 0 N–H and O–H groups in total. The Morgan fingerprint density at radius 1 is 0.938 bits per heavy atom. The van der Waals surface area contributed by atoms with Crippen LogP contribution in [0.1, 0.15) is 38.6 Å². The predicted molar refractivity (Wildman–Crippen MR) is 127 cm³/mol. The van der Waals surface area contributed by atoms with E-state index in [1.165, 1.54) is 10.7 Å². The Balaban J connectivity index is 1.60. The van der Waals surface area contributed by atoms with Gasteiger partial charge in [-0.05, 0) is 66.6 Å².